The number of carbonyl (C=O) groups excluding carboxylic acids is 2. The van der Waals surface area contributed by atoms with E-state index in [4.69, 9.17) is 18.9 Å². The molecule has 0 radical (unpaired) electrons. The lowest BCUT2D eigenvalue weighted by Gasteiger charge is -2.06. The van der Waals surface area contributed by atoms with Crippen LogP contribution in [0.25, 0.3) is 0 Å². The molecule has 0 N–H and O–H groups in total. The number of benzene rings is 2. The van der Waals surface area contributed by atoms with Crippen LogP contribution in [-0.4, -0.2) is 38.4 Å². The second-order valence-corrected chi connectivity index (χ2v) is 4.99. The van der Waals surface area contributed by atoms with E-state index in [2.05, 4.69) is 0 Å². The van der Waals surface area contributed by atoms with Gasteiger partial charge in [0.2, 0.25) is 0 Å². The smallest absolute Gasteiger partial charge is 0.331 e. The largest absolute Gasteiger partial charge is 0.490 e. The van der Waals surface area contributed by atoms with Crippen molar-refractivity contribution in [3.05, 3.63) is 72.8 Å². The zero-order valence-electron chi connectivity index (χ0n) is 14.2. The molecule has 6 nitrogen and oxygen atoms in total. The Labute approximate surface area is 151 Å². The predicted octanol–water partition coefficient (Wildman–Crippen LogP) is 2.79. The van der Waals surface area contributed by atoms with E-state index in [1.54, 1.807) is 24.3 Å². The van der Waals surface area contributed by atoms with Gasteiger partial charge in [0.15, 0.2) is 0 Å². The first-order valence-corrected chi connectivity index (χ1v) is 8.11. The van der Waals surface area contributed by atoms with E-state index in [1.807, 2.05) is 36.4 Å². The molecule has 0 aliphatic heterocycles. The van der Waals surface area contributed by atoms with Crippen LogP contribution in [0.5, 0.6) is 11.5 Å². The molecule has 2 aromatic carbocycles. The van der Waals surface area contributed by atoms with Crippen molar-refractivity contribution in [1.82, 2.24) is 0 Å². The zero-order valence-corrected chi connectivity index (χ0v) is 14.2. The average Bonchev–Trinajstić information content (AvgIpc) is 2.68. The number of carbonyl (C=O) groups is 2. The fraction of sp³-hybridized carbons (Fsp3) is 0.200. The molecule has 0 aromatic heterocycles. The van der Waals surface area contributed by atoms with Crippen LogP contribution in [0, 0.1) is 0 Å². The molecule has 0 atom stereocenters. The molecule has 0 amide bonds. The van der Waals surface area contributed by atoms with Crippen molar-refractivity contribution in [3.63, 3.8) is 0 Å². The molecule has 0 aliphatic carbocycles. The summed E-state index contributed by atoms with van der Waals surface area (Å²) in [6, 6.07) is 18.4. The normalized spacial score (nSPS) is 10.3. The van der Waals surface area contributed by atoms with Gasteiger partial charge in [0.1, 0.15) is 37.9 Å². The number of hydrogen-bond donors (Lipinski definition) is 0. The van der Waals surface area contributed by atoms with Crippen molar-refractivity contribution in [2.45, 2.75) is 0 Å². The van der Waals surface area contributed by atoms with Gasteiger partial charge in [-0.1, -0.05) is 36.4 Å². The van der Waals surface area contributed by atoms with Gasteiger partial charge < -0.3 is 18.9 Å². The maximum atomic E-state index is 11.5. The minimum absolute atomic E-state index is 0.0814. The van der Waals surface area contributed by atoms with E-state index in [0.717, 1.165) is 12.2 Å². The van der Waals surface area contributed by atoms with Gasteiger partial charge in [0, 0.05) is 12.2 Å². The van der Waals surface area contributed by atoms with Gasteiger partial charge in [-0.2, -0.15) is 0 Å². The Morgan fingerprint density at radius 2 is 1.00 bits per heavy atom. The Kier molecular flexibility index (Phi) is 8.28. The van der Waals surface area contributed by atoms with Crippen LogP contribution in [0.15, 0.2) is 72.8 Å². The predicted molar refractivity (Wildman–Crippen MR) is 94.9 cm³/mol. The summed E-state index contributed by atoms with van der Waals surface area (Å²) in [4.78, 5) is 23.0. The molecular formula is C20H20O6. The van der Waals surface area contributed by atoms with Crippen molar-refractivity contribution in [2.75, 3.05) is 26.4 Å². The highest BCUT2D eigenvalue weighted by Gasteiger charge is 2.02. The minimum atomic E-state index is -0.640. The molecule has 0 saturated heterocycles. The lowest BCUT2D eigenvalue weighted by atomic mass is 10.3. The summed E-state index contributed by atoms with van der Waals surface area (Å²) in [6.07, 6.45) is 2.03. The van der Waals surface area contributed by atoms with E-state index in [-0.39, 0.29) is 26.4 Å². The van der Waals surface area contributed by atoms with Crippen molar-refractivity contribution in [3.8, 4) is 11.5 Å². The highest BCUT2D eigenvalue weighted by molar-refractivity contribution is 5.91. The van der Waals surface area contributed by atoms with E-state index >= 15 is 0 Å². The quantitative estimate of drug-likeness (QED) is 0.370. The summed E-state index contributed by atoms with van der Waals surface area (Å²) in [7, 11) is 0. The van der Waals surface area contributed by atoms with Crippen LogP contribution in [0.2, 0.25) is 0 Å². The van der Waals surface area contributed by atoms with Gasteiger partial charge in [-0.15, -0.1) is 0 Å². The van der Waals surface area contributed by atoms with Crippen molar-refractivity contribution >= 4 is 11.9 Å². The Morgan fingerprint density at radius 1 is 0.615 bits per heavy atom. The summed E-state index contributed by atoms with van der Waals surface area (Å²) in [5.74, 6) is 0.110. The van der Waals surface area contributed by atoms with E-state index in [0.29, 0.717) is 11.5 Å². The van der Waals surface area contributed by atoms with Crippen molar-refractivity contribution in [2.24, 2.45) is 0 Å². The highest BCUT2D eigenvalue weighted by atomic mass is 16.6. The first-order valence-electron chi connectivity index (χ1n) is 8.11. The topological polar surface area (TPSA) is 71.1 Å². The molecule has 26 heavy (non-hydrogen) atoms. The third-order valence-electron chi connectivity index (χ3n) is 3.03. The summed E-state index contributed by atoms with van der Waals surface area (Å²) in [5, 5.41) is 0. The fourth-order valence-corrected chi connectivity index (χ4v) is 1.87. The first-order chi connectivity index (χ1) is 12.7. The third kappa shape index (κ3) is 8.01. The maximum Gasteiger partial charge on any atom is 0.331 e. The maximum absolute atomic E-state index is 11.5. The summed E-state index contributed by atoms with van der Waals surface area (Å²) >= 11 is 0. The van der Waals surface area contributed by atoms with Gasteiger partial charge in [-0.05, 0) is 24.3 Å². The molecule has 0 heterocycles. The number of hydrogen-bond acceptors (Lipinski definition) is 6. The van der Waals surface area contributed by atoms with Crippen molar-refractivity contribution < 1.29 is 28.5 Å². The number of rotatable bonds is 10. The highest BCUT2D eigenvalue weighted by Crippen LogP contribution is 2.08. The molecule has 0 unspecified atom stereocenters. The zero-order chi connectivity index (χ0) is 18.5. The third-order valence-corrected chi connectivity index (χ3v) is 3.03. The van der Waals surface area contributed by atoms with Gasteiger partial charge in [0.05, 0.1) is 0 Å². The Morgan fingerprint density at radius 3 is 1.38 bits per heavy atom. The van der Waals surface area contributed by atoms with Crippen LogP contribution in [0.1, 0.15) is 0 Å². The average molecular weight is 356 g/mol. The fourth-order valence-electron chi connectivity index (χ4n) is 1.87. The monoisotopic (exact) mass is 356 g/mol. The van der Waals surface area contributed by atoms with Crippen LogP contribution < -0.4 is 9.47 Å². The number of esters is 2. The molecule has 0 spiro atoms. The number of para-hydroxylation sites is 2. The lowest BCUT2D eigenvalue weighted by molar-refractivity contribution is -0.141. The van der Waals surface area contributed by atoms with Crippen LogP contribution in [0.3, 0.4) is 0 Å². The lowest BCUT2D eigenvalue weighted by Crippen LogP contribution is -2.12. The Hall–Kier alpha value is -3.28. The minimum Gasteiger partial charge on any atom is -0.490 e. The molecular weight excluding hydrogens is 336 g/mol. The molecule has 0 saturated carbocycles. The first kappa shape index (κ1) is 19.1. The molecule has 0 bridgehead atoms. The second-order valence-electron chi connectivity index (χ2n) is 4.99. The van der Waals surface area contributed by atoms with Gasteiger partial charge in [-0.25, -0.2) is 9.59 Å². The van der Waals surface area contributed by atoms with Gasteiger partial charge in [0.25, 0.3) is 0 Å². The number of ether oxygens (including phenoxy) is 4. The standard InChI is InChI=1S/C20H20O6/c21-19(25-15-13-23-17-7-3-1-4-8-17)11-12-20(22)26-16-14-24-18-9-5-2-6-10-18/h1-12H,13-16H2. The molecule has 0 aliphatic rings. The SMILES string of the molecule is O=C(C=CC(=O)OCCOc1ccccc1)OCCOc1ccccc1. The molecule has 6 heteroatoms. The second kappa shape index (κ2) is 11.3. The van der Waals surface area contributed by atoms with Crippen LogP contribution in [-0.2, 0) is 19.1 Å². The molecule has 2 aromatic rings. The van der Waals surface area contributed by atoms with Gasteiger partial charge >= 0.3 is 11.9 Å². The Balaban J connectivity index is 1.53. The van der Waals surface area contributed by atoms with Gasteiger partial charge in [-0.3, -0.25) is 0 Å². The molecule has 136 valence electrons. The van der Waals surface area contributed by atoms with E-state index < -0.39 is 11.9 Å². The summed E-state index contributed by atoms with van der Waals surface area (Å²) < 4.78 is 20.6. The molecule has 0 fully saturated rings. The van der Waals surface area contributed by atoms with E-state index in [9.17, 15) is 9.59 Å². The van der Waals surface area contributed by atoms with Crippen molar-refractivity contribution in [1.29, 1.82) is 0 Å². The Bertz CT molecular complexity index is 635. The van der Waals surface area contributed by atoms with Crippen LogP contribution in [0.4, 0.5) is 0 Å². The summed E-state index contributed by atoms with van der Waals surface area (Å²) in [5.41, 5.74) is 0. The van der Waals surface area contributed by atoms with E-state index in [1.165, 1.54) is 0 Å². The van der Waals surface area contributed by atoms with Crippen LogP contribution >= 0.6 is 0 Å². The molecule has 2 rings (SSSR count). The summed E-state index contributed by atoms with van der Waals surface area (Å²) in [6.45, 7) is 0.617.